The number of aromatic nitrogens is 2. The van der Waals surface area contributed by atoms with Crippen molar-refractivity contribution < 1.29 is 22.7 Å². The molecular weight excluding hydrogens is 444 g/mol. The van der Waals surface area contributed by atoms with Crippen molar-refractivity contribution in [1.82, 2.24) is 9.78 Å². The summed E-state index contributed by atoms with van der Waals surface area (Å²) in [6.07, 6.45) is 2.28. The summed E-state index contributed by atoms with van der Waals surface area (Å²) in [5.41, 5.74) is 0.539. The molecular formula is C20H15ClN4O5S. The van der Waals surface area contributed by atoms with E-state index >= 15 is 0 Å². The summed E-state index contributed by atoms with van der Waals surface area (Å²) in [6, 6.07) is 14.3. The molecule has 0 saturated heterocycles. The van der Waals surface area contributed by atoms with Gasteiger partial charge in [0.15, 0.2) is 22.3 Å². The fourth-order valence-electron chi connectivity index (χ4n) is 2.58. The zero-order valence-corrected chi connectivity index (χ0v) is 17.6. The molecule has 0 fully saturated rings. The number of nitriles is 1. The smallest absolute Gasteiger partial charge is 0.340 e. The Hall–Kier alpha value is -3.68. The van der Waals surface area contributed by atoms with Gasteiger partial charge in [0.2, 0.25) is 0 Å². The first kappa shape index (κ1) is 22.0. The number of hydrogen-bond donors (Lipinski definition) is 1. The number of ether oxygens (including phenoxy) is 1. The van der Waals surface area contributed by atoms with Crippen LogP contribution < -0.4 is 5.32 Å². The number of halogens is 1. The first-order valence-corrected chi connectivity index (χ1v) is 11.0. The first-order valence-electron chi connectivity index (χ1n) is 8.71. The van der Waals surface area contributed by atoms with Gasteiger partial charge in [-0.3, -0.25) is 4.79 Å². The third-order valence-electron chi connectivity index (χ3n) is 4.07. The number of carbonyl (C=O) groups is 2. The van der Waals surface area contributed by atoms with E-state index in [0.717, 1.165) is 12.3 Å². The summed E-state index contributed by atoms with van der Waals surface area (Å²) in [6.45, 7) is -0.691. The molecule has 0 atom stereocenters. The molecule has 0 spiro atoms. The predicted molar refractivity (Wildman–Crippen MR) is 112 cm³/mol. The summed E-state index contributed by atoms with van der Waals surface area (Å²) in [7, 11) is -3.57. The van der Waals surface area contributed by atoms with E-state index in [9.17, 15) is 23.3 Å². The van der Waals surface area contributed by atoms with E-state index < -0.39 is 28.3 Å². The van der Waals surface area contributed by atoms with E-state index in [-0.39, 0.29) is 26.9 Å². The van der Waals surface area contributed by atoms with Crippen LogP contribution in [0.5, 0.6) is 0 Å². The van der Waals surface area contributed by atoms with E-state index in [2.05, 4.69) is 10.4 Å². The lowest BCUT2D eigenvalue weighted by molar-refractivity contribution is -0.119. The highest BCUT2D eigenvalue weighted by atomic mass is 35.5. The maximum Gasteiger partial charge on any atom is 0.340 e. The topological polar surface area (TPSA) is 131 Å². The Kier molecular flexibility index (Phi) is 6.39. The second-order valence-corrected chi connectivity index (χ2v) is 8.73. The maximum atomic E-state index is 12.3. The molecule has 11 heteroatoms. The molecule has 0 bridgehead atoms. The summed E-state index contributed by atoms with van der Waals surface area (Å²) < 4.78 is 29.7. The number of nitrogens with one attached hydrogen (secondary N) is 1. The Balaban J connectivity index is 1.74. The van der Waals surface area contributed by atoms with Crippen LogP contribution >= 0.6 is 11.6 Å². The van der Waals surface area contributed by atoms with Gasteiger partial charge in [-0.25, -0.2) is 17.9 Å². The highest BCUT2D eigenvalue weighted by Crippen LogP contribution is 2.22. The van der Waals surface area contributed by atoms with Crippen LogP contribution in [0.2, 0.25) is 5.02 Å². The second kappa shape index (κ2) is 8.99. The van der Waals surface area contributed by atoms with Gasteiger partial charge in [-0.2, -0.15) is 10.4 Å². The zero-order chi connectivity index (χ0) is 22.6. The molecule has 0 aliphatic carbocycles. The third kappa shape index (κ3) is 5.09. The zero-order valence-electron chi connectivity index (χ0n) is 16.1. The SMILES string of the molecule is CS(=O)(=O)c1ccc(Cl)c(C(=O)OCC(=O)Nc2c(C#N)cnn2-c2ccccc2)c1. The Morgan fingerprint density at radius 3 is 2.58 bits per heavy atom. The van der Waals surface area contributed by atoms with Gasteiger partial charge in [0.05, 0.1) is 27.4 Å². The maximum absolute atomic E-state index is 12.3. The minimum atomic E-state index is -3.57. The number of carbonyl (C=O) groups excluding carboxylic acids is 2. The van der Waals surface area contributed by atoms with E-state index in [1.165, 1.54) is 23.0 Å². The second-order valence-electron chi connectivity index (χ2n) is 6.30. The quantitative estimate of drug-likeness (QED) is 0.561. The van der Waals surface area contributed by atoms with Gasteiger partial charge in [-0.1, -0.05) is 29.8 Å². The van der Waals surface area contributed by atoms with Crippen LogP contribution in [0.3, 0.4) is 0 Å². The van der Waals surface area contributed by atoms with E-state index in [0.29, 0.717) is 5.69 Å². The minimum absolute atomic E-state index is 0.0215. The summed E-state index contributed by atoms with van der Waals surface area (Å²) in [5.74, 6) is -1.58. The fraction of sp³-hybridized carbons (Fsp3) is 0.100. The number of para-hydroxylation sites is 1. The molecule has 31 heavy (non-hydrogen) atoms. The predicted octanol–water partition coefficient (Wildman–Crippen LogP) is 2.60. The Labute approximate surface area is 182 Å². The van der Waals surface area contributed by atoms with Crippen LogP contribution in [-0.2, 0) is 19.4 Å². The van der Waals surface area contributed by atoms with Gasteiger partial charge >= 0.3 is 5.97 Å². The van der Waals surface area contributed by atoms with Crippen LogP contribution in [0.25, 0.3) is 5.69 Å². The molecule has 1 amide bonds. The summed E-state index contributed by atoms with van der Waals surface area (Å²) in [4.78, 5) is 24.5. The van der Waals surface area contributed by atoms with Crippen LogP contribution in [0.15, 0.2) is 59.6 Å². The Morgan fingerprint density at radius 1 is 1.23 bits per heavy atom. The molecule has 1 heterocycles. The highest BCUT2D eigenvalue weighted by Gasteiger charge is 2.19. The number of sulfone groups is 1. The molecule has 0 aliphatic heterocycles. The molecule has 0 unspecified atom stereocenters. The number of esters is 1. The molecule has 9 nitrogen and oxygen atoms in total. The molecule has 0 radical (unpaired) electrons. The lowest BCUT2D eigenvalue weighted by atomic mass is 10.2. The van der Waals surface area contributed by atoms with E-state index in [1.54, 1.807) is 30.3 Å². The molecule has 158 valence electrons. The third-order valence-corrected chi connectivity index (χ3v) is 5.51. The lowest BCUT2D eigenvalue weighted by Crippen LogP contribution is -2.23. The molecule has 1 N–H and O–H groups in total. The van der Waals surface area contributed by atoms with Crippen molar-refractivity contribution >= 4 is 39.1 Å². The molecule has 0 aliphatic rings. The molecule has 2 aromatic carbocycles. The number of amides is 1. The Morgan fingerprint density at radius 2 is 1.94 bits per heavy atom. The van der Waals surface area contributed by atoms with Crippen molar-refractivity contribution in [3.8, 4) is 11.8 Å². The van der Waals surface area contributed by atoms with Crippen molar-refractivity contribution in [3.63, 3.8) is 0 Å². The van der Waals surface area contributed by atoms with Gasteiger partial charge in [0.1, 0.15) is 11.6 Å². The van der Waals surface area contributed by atoms with E-state index in [4.69, 9.17) is 16.3 Å². The largest absolute Gasteiger partial charge is 0.452 e. The average molecular weight is 459 g/mol. The van der Waals surface area contributed by atoms with Crippen molar-refractivity contribution in [2.24, 2.45) is 0 Å². The fourth-order valence-corrected chi connectivity index (χ4v) is 3.43. The normalized spacial score (nSPS) is 10.9. The Bertz CT molecular complexity index is 1300. The van der Waals surface area contributed by atoms with Crippen molar-refractivity contribution in [2.75, 3.05) is 18.2 Å². The number of nitrogens with zero attached hydrogens (tertiary/aromatic N) is 3. The van der Waals surface area contributed by atoms with Crippen LogP contribution in [0.4, 0.5) is 5.82 Å². The van der Waals surface area contributed by atoms with Crippen LogP contribution in [0, 0.1) is 11.3 Å². The van der Waals surface area contributed by atoms with Gasteiger partial charge < -0.3 is 10.1 Å². The van der Waals surface area contributed by atoms with Crippen molar-refractivity contribution in [2.45, 2.75) is 4.90 Å². The van der Waals surface area contributed by atoms with Crippen LogP contribution in [0.1, 0.15) is 15.9 Å². The molecule has 0 saturated carbocycles. The molecule has 3 aromatic rings. The lowest BCUT2D eigenvalue weighted by Gasteiger charge is -2.10. The van der Waals surface area contributed by atoms with Crippen molar-refractivity contribution in [1.29, 1.82) is 5.26 Å². The molecule has 1 aromatic heterocycles. The van der Waals surface area contributed by atoms with Crippen LogP contribution in [-0.4, -0.2) is 42.9 Å². The number of hydrogen-bond acceptors (Lipinski definition) is 7. The van der Waals surface area contributed by atoms with Gasteiger partial charge in [0, 0.05) is 6.26 Å². The monoisotopic (exact) mass is 458 g/mol. The summed E-state index contributed by atoms with van der Waals surface area (Å²) in [5, 5.41) is 15.8. The van der Waals surface area contributed by atoms with Gasteiger partial charge in [-0.15, -0.1) is 0 Å². The van der Waals surface area contributed by atoms with Gasteiger partial charge in [-0.05, 0) is 30.3 Å². The standard InChI is InChI=1S/C20H15ClN4O5S/c1-31(28,29)15-7-8-17(21)16(9-15)20(27)30-12-18(26)24-19-13(10-22)11-23-25(19)14-5-3-2-4-6-14/h2-9,11H,12H2,1H3,(H,24,26). The molecule has 3 rings (SSSR count). The van der Waals surface area contributed by atoms with Gasteiger partial charge in [0.25, 0.3) is 5.91 Å². The van der Waals surface area contributed by atoms with E-state index in [1.807, 2.05) is 6.07 Å². The first-order chi connectivity index (χ1) is 14.7. The average Bonchev–Trinajstić information content (AvgIpc) is 3.14. The summed E-state index contributed by atoms with van der Waals surface area (Å²) >= 11 is 5.96. The van der Waals surface area contributed by atoms with Crippen molar-refractivity contribution in [3.05, 3.63) is 70.9 Å². The highest BCUT2D eigenvalue weighted by molar-refractivity contribution is 7.90. The number of rotatable bonds is 6. The number of anilines is 1. The number of benzene rings is 2. The minimum Gasteiger partial charge on any atom is -0.452 e.